The molecule has 0 aromatic carbocycles. The lowest BCUT2D eigenvalue weighted by Gasteiger charge is -2.35. The molecule has 0 aliphatic carbocycles. The summed E-state index contributed by atoms with van der Waals surface area (Å²) in [5.74, 6) is 1.61. The molecule has 20 heavy (non-hydrogen) atoms. The summed E-state index contributed by atoms with van der Waals surface area (Å²) in [4.78, 5) is 7.21. The third kappa shape index (κ3) is 4.32. The van der Waals surface area contributed by atoms with Crippen LogP contribution in [0.1, 0.15) is 45.2 Å². The zero-order valence-corrected chi connectivity index (χ0v) is 13.4. The Morgan fingerprint density at radius 1 is 1.45 bits per heavy atom. The van der Waals surface area contributed by atoms with Crippen LogP contribution < -0.4 is 5.32 Å². The van der Waals surface area contributed by atoms with E-state index in [1.807, 2.05) is 13.3 Å². The molecule has 0 amide bonds. The van der Waals surface area contributed by atoms with Crippen LogP contribution in [0.3, 0.4) is 0 Å². The molecule has 0 saturated carbocycles. The third-order valence-corrected chi connectivity index (χ3v) is 4.35. The van der Waals surface area contributed by atoms with E-state index < -0.39 is 0 Å². The molecule has 0 radical (unpaired) electrons. The molecular formula is C16H29N3O. The molecule has 1 aliphatic rings. The molecule has 0 spiro atoms. The van der Waals surface area contributed by atoms with E-state index in [2.05, 4.69) is 36.0 Å². The van der Waals surface area contributed by atoms with Crippen LogP contribution in [0.15, 0.2) is 10.7 Å². The number of aromatic nitrogens is 1. The van der Waals surface area contributed by atoms with Gasteiger partial charge in [-0.05, 0) is 53.1 Å². The van der Waals surface area contributed by atoms with Crippen molar-refractivity contribution in [1.29, 1.82) is 0 Å². The minimum Gasteiger partial charge on any atom is -0.449 e. The van der Waals surface area contributed by atoms with Gasteiger partial charge in [0.25, 0.3) is 0 Å². The summed E-state index contributed by atoms with van der Waals surface area (Å²) in [5.41, 5.74) is 1.07. The van der Waals surface area contributed by atoms with Gasteiger partial charge in [0, 0.05) is 31.5 Å². The number of nitrogens with zero attached hydrogens (tertiary/aromatic N) is 2. The highest BCUT2D eigenvalue weighted by atomic mass is 16.3. The van der Waals surface area contributed by atoms with E-state index in [1.54, 1.807) is 0 Å². The maximum Gasteiger partial charge on any atom is 0.194 e. The van der Waals surface area contributed by atoms with Gasteiger partial charge in [0.15, 0.2) is 5.89 Å². The summed E-state index contributed by atoms with van der Waals surface area (Å²) in [6.45, 7) is 9.15. The third-order valence-electron chi connectivity index (χ3n) is 4.35. The minimum absolute atomic E-state index is 0.444. The van der Waals surface area contributed by atoms with Crippen LogP contribution in [0.4, 0.5) is 0 Å². The van der Waals surface area contributed by atoms with Crippen LogP contribution in [0.25, 0.3) is 0 Å². The highest BCUT2D eigenvalue weighted by Gasteiger charge is 2.23. The summed E-state index contributed by atoms with van der Waals surface area (Å²) in [6.07, 6.45) is 6.34. The average molecular weight is 279 g/mol. The zero-order valence-electron chi connectivity index (χ0n) is 13.4. The van der Waals surface area contributed by atoms with Crippen molar-refractivity contribution in [2.24, 2.45) is 5.92 Å². The van der Waals surface area contributed by atoms with Gasteiger partial charge in [-0.1, -0.05) is 0 Å². The lowest BCUT2D eigenvalue weighted by atomic mass is 9.94. The van der Waals surface area contributed by atoms with E-state index in [1.165, 1.54) is 25.9 Å². The van der Waals surface area contributed by atoms with Crippen LogP contribution in [-0.2, 0) is 12.8 Å². The first-order valence-corrected chi connectivity index (χ1v) is 7.93. The van der Waals surface area contributed by atoms with Crippen molar-refractivity contribution < 1.29 is 4.42 Å². The van der Waals surface area contributed by atoms with Gasteiger partial charge in [-0.2, -0.15) is 0 Å². The zero-order chi connectivity index (χ0) is 14.5. The second-order valence-electron chi connectivity index (χ2n) is 6.43. The number of oxazole rings is 1. The van der Waals surface area contributed by atoms with Crippen molar-refractivity contribution in [3.63, 3.8) is 0 Å². The number of likely N-dealkylation sites (N-methyl/N-ethyl adjacent to an activating group) is 1. The van der Waals surface area contributed by atoms with E-state index in [-0.39, 0.29) is 0 Å². The van der Waals surface area contributed by atoms with Crippen LogP contribution >= 0.6 is 0 Å². The molecule has 1 aromatic rings. The Labute approximate surface area is 122 Å². The first-order valence-electron chi connectivity index (χ1n) is 7.93. The number of nitrogens with one attached hydrogen (secondary N) is 1. The molecule has 1 aromatic heterocycles. The molecule has 4 heteroatoms. The summed E-state index contributed by atoms with van der Waals surface area (Å²) >= 11 is 0. The van der Waals surface area contributed by atoms with E-state index in [0.29, 0.717) is 18.0 Å². The Balaban J connectivity index is 1.86. The lowest BCUT2D eigenvalue weighted by Crippen LogP contribution is -2.40. The summed E-state index contributed by atoms with van der Waals surface area (Å²) in [5, 5.41) is 3.23. The summed E-state index contributed by atoms with van der Waals surface area (Å²) in [7, 11) is 1.98. The molecule has 2 heterocycles. The first-order chi connectivity index (χ1) is 9.58. The number of rotatable bonds is 6. The molecule has 2 unspecified atom stereocenters. The van der Waals surface area contributed by atoms with Gasteiger partial charge < -0.3 is 14.6 Å². The van der Waals surface area contributed by atoms with Gasteiger partial charge in [-0.3, -0.25) is 0 Å². The van der Waals surface area contributed by atoms with E-state index in [9.17, 15) is 0 Å². The molecule has 1 saturated heterocycles. The summed E-state index contributed by atoms with van der Waals surface area (Å²) < 4.78 is 5.65. The van der Waals surface area contributed by atoms with Crippen molar-refractivity contribution in [3.8, 4) is 0 Å². The smallest absolute Gasteiger partial charge is 0.194 e. The average Bonchev–Trinajstić information content (AvgIpc) is 2.86. The van der Waals surface area contributed by atoms with Crippen LogP contribution in [-0.4, -0.2) is 42.1 Å². The van der Waals surface area contributed by atoms with Gasteiger partial charge in [0.05, 0.1) is 5.69 Å². The van der Waals surface area contributed by atoms with Crippen LogP contribution in [0.5, 0.6) is 0 Å². The SMILES string of the molecule is CNC(C)Cc1coc(CC2CCCN(C(C)C)C2)n1. The van der Waals surface area contributed by atoms with Crippen LogP contribution in [0.2, 0.25) is 0 Å². The molecule has 1 aliphatic heterocycles. The predicted molar refractivity (Wildman–Crippen MR) is 81.9 cm³/mol. The minimum atomic E-state index is 0.444. The molecule has 1 fully saturated rings. The topological polar surface area (TPSA) is 41.3 Å². The number of hydrogen-bond acceptors (Lipinski definition) is 4. The van der Waals surface area contributed by atoms with Crippen molar-refractivity contribution >= 4 is 0 Å². The molecule has 2 rings (SSSR count). The standard InChI is InChI=1S/C16H29N3O/c1-12(2)19-7-5-6-14(10-19)9-16-18-15(11-20-16)8-13(3)17-4/h11-14,17H,5-10H2,1-4H3. The van der Waals surface area contributed by atoms with Gasteiger partial charge in [0.2, 0.25) is 0 Å². The Morgan fingerprint density at radius 2 is 2.25 bits per heavy atom. The van der Waals surface area contributed by atoms with E-state index >= 15 is 0 Å². The number of hydrogen-bond donors (Lipinski definition) is 1. The fraction of sp³-hybridized carbons (Fsp3) is 0.812. The van der Waals surface area contributed by atoms with Crippen molar-refractivity contribution in [1.82, 2.24) is 15.2 Å². The summed E-state index contributed by atoms with van der Waals surface area (Å²) in [6, 6.07) is 1.09. The molecule has 1 N–H and O–H groups in total. The van der Waals surface area contributed by atoms with E-state index in [0.717, 1.165) is 24.4 Å². The Morgan fingerprint density at radius 3 is 2.95 bits per heavy atom. The maximum absolute atomic E-state index is 5.65. The first kappa shape index (κ1) is 15.5. The second kappa shape index (κ2) is 7.23. The second-order valence-corrected chi connectivity index (χ2v) is 6.43. The predicted octanol–water partition coefficient (Wildman–Crippen LogP) is 2.49. The van der Waals surface area contributed by atoms with Gasteiger partial charge in [-0.15, -0.1) is 0 Å². The normalized spacial score (nSPS) is 22.4. The molecule has 2 atom stereocenters. The Kier molecular flexibility index (Phi) is 5.61. The van der Waals surface area contributed by atoms with Crippen molar-refractivity contribution in [2.75, 3.05) is 20.1 Å². The van der Waals surface area contributed by atoms with Gasteiger partial charge in [0.1, 0.15) is 6.26 Å². The lowest BCUT2D eigenvalue weighted by molar-refractivity contribution is 0.136. The van der Waals surface area contributed by atoms with Gasteiger partial charge >= 0.3 is 0 Å². The molecule has 0 bridgehead atoms. The van der Waals surface area contributed by atoms with Crippen molar-refractivity contribution in [2.45, 2.75) is 58.5 Å². The highest BCUT2D eigenvalue weighted by molar-refractivity contribution is 5.00. The van der Waals surface area contributed by atoms with Gasteiger partial charge in [-0.25, -0.2) is 4.98 Å². The quantitative estimate of drug-likeness (QED) is 0.868. The molecular weight excluding hydrogens is 250 g/mol. The Bertz CT molecular complexity index is 402. The fourth-order valence-corrected chi connectivity index (χ4v) is 2.93. The number of likely N-dealkylation sites (tertiary alicyclic amines) is 1. The highest BCUT2D eigenvalue weighted by Crippen LogP contribution is 2.22. The number of piperidine rings is 1. The molecule has 114 valence electrons. The fourth-order valence-electron chi connectivity index (χ4n) is 2.93. The monoisotopic (exact) mass is 279 g/mol. The largest absolute Gasteiger partial charge is 0.449 e. The van der Waals surface area contributed by atoms with Crippen molar-refractivity contribution in [3.05, 3.63) is 17.8 Å². The Hall–Kier alpha value is -0.870. The van der Waals surface area contributed by atoms with E-state index in [4.69, 9.17) is 4.42 Å². The van der Waals surface area contributed by atoms with Crippen LogP contribution in [0, 0.1) is 5.92 Å². The molecule has 4 nitrogen and oxygen atoms in total. The maximum atomic E-state index is 5.65.